The molecular weight excluding hydrogens is 420 g/mol. The first-order valence-corrected chi connectivity index (χ1v) is 10.5. The van der Waals surface area contributed by atoms with Crippen molar-refractivity contribution in [1.29, 1.82) is 0 Å². The van der Waals surface area contributed by atoms with Gasteiger partial charge in [0.25, 0.3) is 5.91 Å². The largest absolute Gasteiger partial charge is 0.487 e. The molecule has 2 aromatic carbocycles. The zero-order valence-corrected chi connectivity index (χ0v) is 17.8. The summed E-state index contributed by atoms with van der Waals surface area (Å²) in [6.45, 7) is 2.70. The number of nitrogens with one attached hydrogen (secondary N) is 1. The molecule has 0 atom stereocenters. The molecule has 4 rings (SSSR count). The van der Waals surface area contributed by atoms with E-state index in [1.54, 1.807) is 40.4 Å². The second kappa shape index (κ2) is 9.11. The Morgan fingerprint density at radius 1 is 1.23 bits per heavy atom. The Labute approximate surface area is 183 Å². The number of benzene rings is 2. The normalized spacial score (nSPS) is 10.7. The Balaban J connectivity index is 1.34. The van der Waals surface area contributed by atoms with Crippen molar-refractivity contribution in [2.24, 2.45) is 0 Å². The predicted molar refractivity (Wildman–Crippen MR) is 117 cm³/mol. The number of carbonyl (C=O) groups excluding carboxylic acids is 1. The minimum atomic E-state index is -0.177. The fraction of sp³-hybridized carbons (Fsp3) is 0.136. The number of halogens is 1. The molecule has 2 aromatic heterocycles. The zero-order valence-electron chi connectivity index (χ0n) is 16.2. The van der Waals surface area contributed by atoms with E-state index >= 15 is 0 Å². The van der Waals surface area contributed by atoms with Gasteiger partial charge < -0.3 is 10.1 Å². The van der Waals surface area contributed by atoms with E-state index in [0.29, 0.717) is 29.5 Å². The van der Waals surface area contributed by atoms with E-state index in [2.05, 4.69) is 15.4 Å². The molecule has 0 spiro atoms. The SMILES string of the molecule is Cc1nc(COc2cccc(C(=O)NCc3cnn(-c4ccc(Cl)cc4)c3)c2)cs1. The number of hydrogen-bond donors (Lipinski definition) is 1. The molecule has 4 aromatic rings. The predicted octanol–water partition coefficient (Wildman–Crippen LogP) is 4.80. The number of carbonyl (C=O) groups is 1. The molecule has 1 N–H and O–H groups in total. The summed E-state index contributed by atoms with van der Waals surface area (Å²) < 4.78 is 7.50. The summed E-state index contributed by atoms with van der Waals surface area (Å²) in [4.78, 5) is 16.9. The van der Waals surface area contributed by atoms with Crippen molar-refractivity contribution in [3.05, 3.63) is 93.2 Å². The highest BCUT2D eigenvalue weighted by Crippen LogP contribution is 2.17. The molecule has 0 aliphatic heterocycles. The van der Waals surface area contributed by atoms with Gasteiger partial charge in [0.1, 0.15) is 12.4 Å². The fourth-order valence-corrected chi connectivity index (χ4v) is 3.55. The molecule has 0 aliphatic rings. The minimum absolute atomic E-state index is 0.177. The summed E-state index contributed by atoms with van der Waals surface area (Å²) in [5, 5.41) is 10.9. The molecule has 0 aliphatic carbocycles. The topological polar surface area (TPSA) is 69.0 Å². The minimum Gasteiger partial charge on any atom is -0.487 e. The molecule has 152 valence electrons. The van der Waals surface area contributed by atoms with Crippen molar-refractivity contribution in [2.45, 2.75) is 20.1 Å². The Morgan fingerprint density at radius 3 is 2.83 bits per heavy atom. The zero-order chi connectivity index (χ0) is 20.9. The number of aromatic nitrogens is 3. The molecule has 2 heterocycles. The van der Waals surface area contributed by atoms with Crippen LogP contribution in [0.15, 0.2) is 66.3 Å². The van der Waals surface area contributed by atoms with Crippen LogP contribution in [0.25, 0.3) is 5.69 Å². The maximum atomic E-state index is 12.5. The van der Waals surface area contributed by atoms with Crippen molar-refractivity contribution in [3.63, 3.8) is 0 Å². The van der Waals surface area contributed by atoms with E-state index < -0.39 is 0 Å². The van der Waals surface area contributed by atoms with E-state index in [1.165, 1.54) is 0 Å². The van der Waals surface area contributed by atoms with Gasteiger partial charge in [0.05, 0.1) is 22.6 Å². The second-order valence-corrected chi connectivity index (χ2v) is 8.13. The third-order valence-corrected chi connectivity index (χ3v) is 5.40. The lowest BCUT2D eigenvalue weighted by atomic mass is 10.2. The Morgan fingerprint density at radius 2 is 2.07 bits per heavy atom. The number of aryl methyl sites for hydroxylation is 1. The number of ether oxygens (including phenoxy) is 1. The van der Waals surface area contributed by atoms with Gasteiger partial charge in [-0.2, -0.15) is 5.10 Å². The number of hydrogen-bond acceptors (Lipinski definition) is 5. The van der Waals surface area contributed by atoms with Crippen LogP contribution in [0.3, 0.4) is 0 Å². The third-order valence-electron chi connectivity index (χ3n) is 4.33. The average molecular weight is 439 g/mol. The Bertz CT molecular complexity index is 1150. The number of amides is 1. The molecule has 1 amide bonds. The quantitative estimate of drug-likeness (QED) is 0.450. The summed E-state index contributed by atoms with van der Waals surface area (Å²) in [6, 6.07) is 14.5. The van der Waals surface area contributed by atoms with E-state index in [9.17, 15) is 4.79 Å². The van der Waals surface area contributed by atoms with Gasteiger partial charge in [-0.3, -0.25) is 4.79 Å². The lowest BCUT2D eigenvalue weighted by molar-refractivity contribution is 0.0950. The van der Waals surface area contributed by atoms with Gasteiger partial charge in [0, 0.05) is 34.3 Å². The molecule has 8 heteroatoms. The first-order valence-electron chi connectivity index (χ1n) is 9.28. The van der Waals surface area contributed by atoms with Crippen LogP contribution >= 0.6 is 22.9 Å². The molecular formula is C22H19ClN4O2S. The van der Waals surface area contributed by atoms with E-state index in [-0.39, 0.29) is 5.91 Å². The van der Waals surface area contributed by atoms with Crippen LogP contribution in [0.2, 0.25) is 5.02 Å². The van der Waals surface area contributed by atoms with Crippen molar-refractivity contribution in [3.8, 4) is 11.4 Å². The highest BCUT2D eigenvalue weighted by molar-refractivity contribution is 7.09. The van der Waals surface area contributed by atoms with Gasteiger partial charge in [0.15, 0.2) is 0 Å². The first kappa shape index (κ1) is 20.1. The number of thiazole rings is 1. The van der Waals surface area contributed by atoms with Gasteiger partial charge in [-0.25, -0.2) is 9.67 Å². The molecule has 0 radical (unpaired) electrons. The summed E-state index contributed by atoms with van der Waals surface area (Å²) in [7, 11) is 0. The molecule has 0 bridgehead atoms. The molecule has 0 unspecified atom stereocenters. The average Bonchev–Trinajstić information content (AvgIpc) is 3.40. The van der Waals surface area contributed by atoms with Gasteiger partial charge in [-0.05, 0) is 49.4 Å². The molecule has 30 heavy (non-hydrogen) atoms. The smallest absolute Gasteiger partial charge is 0.251 e. The van der Waals surface area contributed by atoms with Crippen LogP contribution in [0.4, 0.5) is 0 Å². The molecule has 0 fully saturated rings. The molecule has 0 saturated carbocycles. The fourth-order valence-electron chi connectivity index (χ4n) is 2.83. The van der Waals surface area contributed by atoms with Crippen molar-refractivity contribution in [2.75, 3.05) is 0 Å². The summed E-state index contributed by atoms with van der Waals surface area (Å²) in [6.07, 6.45) is 3.60. The van der Waals surface area contributed by atoms with E-state index in [4.69, 9.17) is 16.3 Å². The van der Waals surface area contributed by atoms with Crippen LogP contribution in [0.5, 0.6) is 5.75 Å². The van der Waals surface area contributed by atoms with Gasteiger partial charge in [-0.1, -0.05) is 17.7 Å². The Hall–Kier alpha value is -3.16. The third kappa shape index (κ3) is 5.06. The Kier molecular flexibility index (Phi) is 6.11. The van der Waals surface area contributed by atoms with Crippen LogP contribution in [-0.4, -0.2) is 20.7 Å². The second-order valence-electron chi connectivity index (χ2n) is 6.63. The van der Waals surface area contributed by atoms with Gasteiger partial charge in [-0.15, -0.1) is 11.3 Å². The van der Waals surface area contributed by atoms with Crippen LogP contribution in [0, 0.1) is 6.92 Å². The molecule has 0 saturated heterocycles. The van der Waals surface area contributed by atoms with Crippen molar-refractivity contribution < 1.29 is 9.53 Å². The van der Waals surface area contributed by atoms with Crippen LogP contribution in [-0.2, 0) is 13.2 Å². The first-order chi connectivity index (χ1) is 14.6. The lowest BCUT2D eigenvalue weighted by Crippen LogP contribution is -2.22. The van der Waals surface area contributed by atoms with Gasteiger partial charge in [0.2, 0.25) is 0 Å². The van der Waals surface area contributed by atoms with Crippen LogP contribution < -0.4 is 10.1 Å². The van der Waals surface area contributed by atoms with Crippen molar-refractivity contribution >= 4 is 28.8 Å². The van der Waals surface area contributed by atoms with Crippen molar-refractivity contribution in [1.82, 2.24) is 20.1 Å². The summed E-state index contributed by atoms with van der Waals surface area (Å²) >= 11 is 7.51. The van der Waals surface area contributed by atoms with Crippen LogP contribution in [0.1, 0.15) is 26.6 Å². The highest BCUT2D eigenvalue weighted by Gasteiger charge is 2.09. The summed E-state index contributed by atoms with van der Waals surface area (Å²) in [5.41, 5.74) is 3.21. The standard InChI is InChI=1S/C22H19ClN4O2S/c1-15-26-19(14-30-15)13-29-21-4-2-3-17(9-21)22(28)24-10-16-11-25-27(12-16)20-7-5-18(23)6-8-20/h2-9,11-12,14H,10,13H2,1H3,(H,24,28). The maximum Gasteiger partial charge on any atom is 0.251 e. The van der Waals surface area contributed by atoms with E-state index in [1.807, 2.05) is 48.8 Å². The number of rotatable bonds is 7. The molecule has 6 nitrogen and oxygen atoms in total. The summed E-state index contributed by atoms with van der Waals surface area (Å²) in [5.74, 6) is 0.452. The maximum absolute atomic E-state index is 12.5. The highest BCUT2D eigenvalue weighted by atomic mass is 35.5. The number of nitrogens with zero attached hydrogens (tertiary/aromatic N) is 3. The van der Waals surface area contributed by atoms with Gasteiger partial charge >= 0.3 is 0 Å². The lowest BCUT2D eigenvalue weighted by Gasteiger charge is -2.07. The monoisotopic (exact) mass is 438 g/mol. The van der Waals surface area contributed by atoms with E-state index in [0.717, 1.165) is 22.0 Å².